The second-order valence-corrected chi connectivity index (χ2v) is 7.35. The molecule has 0 bridgehead atoms. The number of benzene rings is 1. The van der Waals surface area contributed by atoms with Crippen LogP contribution in [-0.2, 0) is 4.74 Å². The summed E-state index contributed by atoms with van der Waals surface area (Å²) in [6, 6.07) is 6.36. The van der Waals surface area contributed by atoms with Crippen LogP contribution in [0, 0.1) is 17.5 Å². The van der Waals surface area contributed by atoms with Crippen LogP contribution in [0.3, 0.4) is 0 Å². The number of amides is 1. The number of carbonyl (C=O) groups excluding carboxylic acids is 1. The third-order valence-corrected chi connectivity index (χ3v) is 5.12. The molecular formula is C23H18F3N3O5. The first-order valence-electron chi connectivity index (χ1n) is 10.0. The van der Waals surface area contributed by atoms with Crippen LogP contribution >= 0.6 is 0 Å². The summed E-state index contributed by atoms with van der Waals surface area (Å²) >= 11 is 0. The topological polar surface area (TPSA) is 125 Å². The van der Waals surface area contributed by atoms with Gasteiger partial charge in [0.25, 0.3) is 5.91 Å². The SMILES string of the molecule is O=C(Nc1cnccc1C1=CC(O)C(O)C(CO)O1)c1ccc(F)c(-c2c(F)cccc2F)n1. The number of aliphatic hydroxyl groups is 3. The lowest BCUT2D eigenvalue weighted by Gasteiger charge is -2.31. The fraction of sp³-hybridized carbons (Fsp3) is 0.174. The third kappa shape index (κ3) is 4.49. The molecular weight excluding hydrogens is 455 g/mol. The summed E-state index contributed by atoms with van der Waals surface area (Å²) in [5.74, 6) is -3.89. The highest BCUT2D eigenvalue weighted by Gasteiger charge is 2.33. The molecule has 34 heavy (non-hydrogen) atoms. The molecule has 0 aliphatic carbocycles. The molecule has 4 rings (SSSR count). The first kappa shape index (κ1) is 23.4. The number of hydrogen-bond donors (Lipinski definition) is 4. The van der Waals surface area contributed by atoms with E-state index < -0.39 is 59.5 Å². The molecule has 0 radical (unpaired) electrons. The van der Waals surface area contributed by atoms with Crippen molar-refractivity contribution in [3.63, 3.8) is 0 Å². The highest BCUT2D eigenvalue weighted by molar-refractivity contribution is 6.04. The van der Waals surface area contributed by atoms with Gasteiger partial charge in [0.15, 0.2) is 6.10 Å². The van der Waals surface area contributed by atoms with Crippen LogP contribution in [0.5, 0.6) is 0 Å². The van der Waals surface area contributed by atoms with E-state index in [1.807, 2.05) is 0 Å². The van der Waals surface area contributed by atoms with Gasteiger partial charge < -0.3 is 25.4 Å². The van der Waals surface area contributed by atoms with Crippen molar-refractivity contribution < 1.29 is 38.0 Å². The number of aliphatic hydroxyl groups excluding tert-OH is 3. The standard InChI is InChI=1S/C23H18F3N3O5/c24-12-2-1-3-13(25)20(12)21-14(26)4-5-15(28-21)23(33)29-16-9-27-7-6-11(16)18-8-17(31)22(32)19(10-30)34-18/h1-9,17,19,22,30-32H,10H2,(H,29,33). The van der Waals surface area contributed by atoms with Crippen molar-refractivity contribution in [2.75, 3.05) is 11.9 Å². The molecule has 3 unspecified atom stereocenters. The number of carbonyl (C=O) groups is 1. The molecule has 3 atom stereocenters. The van der Waals surface area contributed by atoms with Crippen molar-refractivity contribution in [3.05, 3.63) is 83.6 Å². The molecule has 0 saturated heterocycles. The second-order valence-electron chi connectivity index (χ2n) is 7.35. The van der Waals surface area contributed by atoms with Crippen molar-refractivity contribution in [2.45, 2.75) is 18.3 Å². The average molecular weight is 473 g/mol. The number of anilines is 1. The van der Waals surface area contributed by atoms with Gasteiger partial charge in [0, 0.05) is 11.8 Å². The maximum absolute atomic E-state index is 14.3. The van der Waals surface area contributed by atoms with Gasteiger partial charge in [-0.15, -0.1) is 0 Å². The zero-order chi connectivity index (χ0) is 24.4. The number of hydrogen-bond acceptors (Lipinski definition) is 7. The van der Waals surface area contributed by atoms with Gasteiger partial charge in [0.05, 0.1) is 24.1 Å². The number of nitrogens with zero attached hydrogens (tertiary/aromatic N) is 2. The molecule has 11 heteroatoms. The normalized spacial score (nSPS) is 19.8. The van der Waals surface area contributed by atoms with E-state index in [2.05, 4.69) is 15.3 Å². The lowest BCUT2D eigenvalue weighted by Crippen LogP contribution is -2.43. The Morgan fingerprint density at radius 1 is 1.06 bits per heavy atom. The van der Waals surface area contributed by atoms with Gasteiger partial charge in [-0.3, -0.25) is 9.78 Å². The van der Waals surface area contributed by atoms with E-state index in [4.69, 9.17) is 4.74 Å². The van der Waals surface area contributed by atoms with Gasteiger partial charge >= 0.3 is 0 Å². The lowest BCUT2D eigenvalue weighted by atomic mass is 10.0. The van der Waals surface area contributed by atoms with Gasteiger partial charge in [-0.1, -0.05) is 6.07 Å². The summed E-state index contributed by atoms with van der Waals surface area (Å²) in [6.07, 6.45) is 0.0591. The number of pyridine rings is 2. The van der Waals surface area contributed by atoms with Crippen molar-refractivity contribution >= 4 is 17.4 Å². The minimum absolute atomic E-state index is 0.0655. The zero-order valence-corrected chi connectivity index (χ0v) is 17.3. The third-order valence-electron chi connectivity index (χ3n) is 5.12. The average Bonchev–Trinajstić information content (AvgIpc) is 2.82. The quantitative estimate of drug-likeness (QED) is 0.448. The molecule has 0 spiro atoms. The summed E-state index contributed by atoms with van der Waals surface area (Å²) < 4.78 is 48.1. The van der Waals surface area contributed by atoms with Crippen LogP contribution in [0.4, 0.5) is 18.9 Å². The number of halogens is 3. The molecule has 1 aliphatic rings. The van der Waals surface area contributed by atoms with E-state index in [0.717, 1.165) is 30.3 Å². The fourth-order valence-electron chi connectivity index (χ4n) is 3.41. The minimum atomic E-state index is -1.35. The molecule has 1 amide bonds. The van der Waals surface area contributed by atoms with Crippen LogP contribution in [0.2, 0.25) is 0 Å². The molecule has 1 aromatic carbocycles. The van der Waals surface area contributed by atoms with Crippen LogP contribution in [0.15, 0.2) is 54.9 Å². The van der Waals surface area contributed by atoms with Gasteiger partial charge in [0.2, 0.25) is 0 Å². The lowest BCUT2D eigenvalue weighted by molar-refractivity contribution is -0.0722. The number of aromatic nitrogens is 2. The molecule has 176 valence electrons. The maximum Gasteiger partial charge on any atom is 0.274 e. The van der Waals surface area contributed by atoms with Crippen LogP contribution in [0.25, 0.3) is 17.0 Å². The van der Waals surface area contributed by atoms with Crippen LogP contribution in [0.1, 0.15) is 16.1 Å². The monoisotopic (exact) mass is 473 g/mol. The number of nitrogens with one attached hydrogen (secondary N) is 1. The van der Waals surface area contributed by atoms with E-state index >= 15 is 0 Å². The molecule has 4 N–H and O–H groups in total. The van der Waals surface area contributed by atoms with Crippen molar-refractivity contribution in [2.24, 2.45) is 0 Å². The summed E-state index contributed by atoms with van der Waals surface area (Å²) in [4.78, 5) is 20.6. The Balaban J connectivity index is 1.66. The molecule has 2 aromatic heterocycles. The predicted octanol–water partition coefficient (Wildman–Crippen LogP) is 2.27. The highest BCUT2D eigenvalue weighted by atomic mass is 19.1. The Bertz CT molecular complexity index is 1250. The smallest absolute Gasteiger partial charge is 0.274 e. The number of rotatable bonds is 5. The Labute approximate surface area is 191 Å². The molecule has 0 fully saturated rings. The summed E-state index contributed by atoms with van der Waals surface area (Å²) in [5.41, 5.74) is -1.36. The van der Waals surface area contributed by atoms with E-state index in [1.54, 1.807) is 0 Å². The predicted molar refractivity (Wildman–Crippen MR) is 114 cm³/mol. The molecule has 3 heterocycles. The summed E-state index contributed by atoms with van der Waals surface area (Å²) in [7, 11) is 0. The fourth-order valence-corrected chi connectivity index (χ4v) is 3.41. The Hall–Kier alpha value is -3.80. The largest absolute Gasteiger partial charge is 0.485 e. The van der Waals surface area contributed by atoms with E-state index in [1.165, 1.54) is 24.5 Å². The van der Waals surface area contributed by atoms with Crippen LogP contribution < -0.4 is 5.32 Å². The molecule has 3 aromatic rings. The summed E-state index contributed by atoms with van der Waals surface area (Å²) in [6.45, 7) is -0.572. The highest BCUT2D eigenvalue weighted by Crippen LogP contribution is 2.31. The van der Waals surface area contributed by atoms with Crippen molar-refractivity contribution in [1.29, 1.82) is 0 Å². The minimum Gasteiger partial charge on any atom is -0.485 e. The molecule has 8 nitrogen and oxygen atoms in total. The Morgan fingerprint density at radius 2 is 1.79 bits per heavy atom. The van der Waals surface area contributed by atoms with Crippen LogP contribution in [-0.4, -0.2) is 56.1 Å². The van der Waals surface area contributed by atoms with E-state index in [-0.39, 0.29) is 22.7 Å². The van der Waals surface area contributed by atoms with Crippen molar-refractivity contribution in [3.8, 4) is 11.3 Å². The maximum atomic E-state index is 14.3. The first-order chi connectivity index (χ1) is 16.3. The zero-order valence-electron chi connectivity index (χ0n) is 17.3. The van der Waals surface area contributed by atoms with Gasteiger partial charge in [-0.05, 0) is 36.4 Å². The Kier molecular flexibility index (Phi) is 6.59. The number of ether oxygens (including phenoxy) is 1. The van der Waals surface area contributed by atoms with Gasteiger partial charge in [0.1, 0.15) is 46.8 Å². The van der Waals surface area contributed by atoms with Gasteiger partial charge in [-0.2, -0.15) is 0 Å². The first-order valence-corrected chi connectivity index (χ1v) is 10.0. The Morgan fingerprint density at radius 3 is 2.50 bits per heavy atom. The summed E-state index contributed by atoms with van der Waals surface area (Å²) in [5, 5.41) is 31.8. The molecule has 0 saturated carbocycles. The molecule has 1 aliphatic heterocycles. The van der Waals surface area contributed by atoms with E-state index in [0.29, 0.717) is 0 Å². The van der Waals surface area contributed by atoms with Gasteiger partial charge in [-0.25, -0.2) is 18.2 Å². The second kappa shape index (κ2) is 9.59. The van der Waals surface area contributed by atoms with Crippen molar-refractivity contribution in [1.82, 2.24) is 9.97 Å². The van der Waals surface area contributed by atoms with E-state index in [9.17, 15) is 33.3 Å².